The molecule has 0 aliphatic rings. The van der Waals surface area contributed by atoms with E-state index in [1.54, 1.807) is 12.1 Å². The zero-order valence-electron chi connectivity index (χ0n) is 12.4. The molecule has 24 heavy (non-hydrogen) atoms. The molecule has 0 saturated carbocycles. The zero-order valence-corrected chi connectivity index (χ0v) is 14.1. The lowest BCUT2D eigenvalue weighted by Gasteiger charge is -2.11. The Bertz CT molecular complexity index is 739. The van der Waals surface area contributed by atoms with Crippen molar-refractivity contribution < 1.29 is 23.1 Å². The zero-order chi connectivity index (χ0) is 17.7. The van der Waals surface area contributed by atoms with Gasteiger partial charge in [0.25, 0.3) is 5.91 Å². The number of thioether (sulfide) groups is 2. The number of aromatic hydroxyl groups is 1. The van der Waals surface area contributed by atoms with Crippen LogP contribution in [0.4, 0.5) is 18.9 Å². The number of hydrogen-bond donors (Lipinski definition) is 2. The third-order valence-electron chi connectivity index (χ3n) is 2.74. The molecule has 0 aliphatic heterocycles. The number of alkyl halides is 3. The monoisotopic (exact) mass is 374 g/mol. The summed E-state index contributed by atoms with van der Waals surface area (Å²) in [6, 6.07) is 6.71. The summed E-state index contributed by atoms with van der Waals surface area (Å²) in [4.78, 5) is 16.8. The number of carbonyl (C=O) groups is 1. The number of carbonyl (C=O) groups excluding carboxylic acids is 1. The van der Waals surface area contributed by atoms with Crippen LogP contribution in [-0.2, 0) is 0 Å². The molecule has 2 N–H and O–H groups in total. The fourth-order valence-electron chi connectivity index (χ4n) is 1.83. The second-order valence-electron chi connectivity index (χ2n) is 4.46. The molecule has 0 fully saturated rings. The van der Waals surface area contributed by atoms with E-state index in [0.717, 1.165) is 24.0 Å². The maximum absolute atomic E-state index is 12.4. The second-order valence-corrected chi connectivity index (χ2v) is 6.91. The average molecular weight is 374 g/mol. The number of phenolic OH excluding ortho intramolecular Hbond substituents is 1. The van der Waals surface area contributed by atoms with Gasteiger partial charge in [-0.3, -0.25) is 4.79 Å². The molecule has 9 heteroatoms. The lowest BCUT2D eigenvalue weighted by Crippen LogP contribution is -2.15. The maximum Gasteiger partial charge on any atom is 0.446 e. The van der Waals surface area contributed by atoms with E-state index in [1.807, 2.05) is 6.92 Å². The van der Waals surface area contributed by atoms with E-state index in [9.17, 15) is 23.1 Å². The maximum atomic E-state index is 12.4. The lowest BCUT2D eigenvalue weighted by atomic mass is 10.2. The van der Waals surface area contributed by atoms with Crippen LogP contribution in [-0.4, -0.2) is 27.3 Å². The number of halogens is 3. The molecular weight excluding hydrogens is 361 g/mol. The first-order chi connectivity index (χ1) is 11.3. The summed E-state index contributed by atoms with van der Waals surface area (Å²) in [6.45, 7) is 1.92. The van der Waals surface area contributed by atoms with Crippen LogP contribution in [0.15, 0.2) is 46.3 Å². The van der Waals surface area contributed by atoms with Crippen LogP contribution in [0.2, 0.25) is 0 Å². The predicted molar refractivity (Wildman–Crippen MR) is 88.6 cm³/mol. The molecule has 1 aromatic heterocycles. The van der Waals surface area contributed by atoms with Crippen LogP contribution in [0.3, 0.4) is 0 Å². The van der Waals surface area contributed by atoms with E-state index < -0.39 is 11.4 Å². The van der Waals surface area contributed by atoms with Crippen LogP contribution in [0.25, 0.3) is 0 Å². The number of hydrogen-bond acceptors (Lipinski definition) is 5. The van der Waals surface area contributed by atoms with E-state index in [2.05, 4.69) is 10.3 Å². The van der Waals surface area contributed by atoms with Gasteiger partial charge in [-0.25, -0.2) is 4.98 Å². The summed E-state index contributed by atoms with van der Waals surface area (Å²) in [5.41, 5.74) is -4.41. The summed E-state index contributed by atoms with van der Waals surface area (Å²) in [7, 11) is 0. The highest BCUT2D eigenvalue weighted by molar-refractivity contribution is 8.00. The van der Waals surface area contributed by atoms with Gasteiger partial charge in [-0.15, -0.1) is 11.8 Å². The first kappa shape index (κ1) is 18.5. The topological polar surface area (TPSA) is 62.2 Å². The molecular formula is C15H13F3N2O2S2. The minimum Gasteiger partial charge on any atom is -0.506 e. The molecule has 0 spiro atoms. The van der Waals surface area contributed by atoms with Crippen molar-refractivity contribution in [2.45, 2.75) is 22.2 Å². The molecule has 0 saturated heterocycles. The van der Waals surface area contributed by atoms with E-state index in [-0.39, 0.29) is 33.8 Å². The molecule has 2 aromatic rings. The number of rotatable bonds is 5. The lowest BCUT2D eigenvalue weighted by molar-refractivity contribution is -0.0328. The van der Waals surface area contributed by atoms with Gasteiger partial charge in [0.05, 0.1) is 5.69 Å². The number of nitrogens with one attached hydrogen (secondary N) is 1. The molecule has 1 aromatic carbocycles. The largest absolute Gasteiger partial charge is 0.506 e. The molecule has 128 valence electrons. The number of benzene rings is 1. The Balaban J connectivity index is 2.24. The fourth-order valence-corrected chi connectivity index (χ4v) is 3.17. The summed E-state index contributed by atoms with van der Waals surface area (Å²) in [5, 5.41) is 12.2. The van der Waals surface area contributed by atoms with Crippen molar-refractivity contribution in [1.82, 2.24) is 4.98 Å². The second kappa shape index (κ2) is 7.80. The summed E-state index contributed by atoms with van der Waals surface area (Å²) < 4.78 is 37.3. The standard InChI is InChI=1S/C15H13F3N2O2S2/c1-2-23-12-4-3-7-19-13(12)14(22)20-10-8-9(5-6-11(10)21)24-15(16,17)18/h3-8,21H,2H2,1H3,(H,20,22). The quantitative estimate of drug-likeness (QED) is 0.583. The Kier molecular flexibility index (Phi) is 6.00. The minimum absolute atomic E-state index is 0.104. The van der Waals surface area contributed by atoms with E-state index in [1.165, 1.54) is 18.0 Å². The SMILES string of the molecule is CCSc1cccnc1C(=O)Nc1cc(SC(F)(F)F)ccc1O. The van der Waals surface area contributed by atoms with E-state index in [0.29, 0.717) is 4.90 Å². The van der Waals surface area contributed by atoms with Gasteiger partial charge in [0, 0.05) is 16.0 Å². The van der Waals surface area contributed by atoms with E-state index >= 15 is 0 Å². The van der Waals surface area contributed by atoms with Crippen LogP contribution in [0.5, 0.6) is 5.75 Å². The Morgan fingerprint density at radius 3 is 2.75 bits per heavy atom. The average Bonchev–Trinajstić information content (AvgIpc) is 2.50. The number of anilines is 1. The number of amides is 1. The number of pyridine rings is 1. The van der Waals surface area contributed by atoms with Gasteiger partial charge in [0.2, 0.25) is 0 Å². The molecule has 0 atom stereocenters. The molecule has 0 bridgehead atoms. The summed E-state index contributed by atoms with van der Waals surface area (Å²) in [5.74, 6) is -0.193. The van der Waals surface area contributed by atoms with Crippen molar-refractivity contribution in [2.75, 3.05) is 11.1 Å². The molecule has 0 aliphatic carbocycles. The molecule has 2 rings (SSSR count). The minimum atomic E-state index is -4.45. The highest BCUT2D eigenvalue weighted by Gasteiger charge is 2.29. The summed E-state index contributed by atoms with van der Waals surface area (Å²) >= 11 is 1.09. The van der Waals surface area contributed by atoms with Crippen molar-refractivity contribution in [1.29, 1.82) is 0 Å². The van der Waals surface area contributed by atoms with Crippen molar-refractivity contribution in [3.63, 3.8) is 0 Å². The highest BCUT2D eigenvalue weighted by atomic mass is 32.2. The highest BCUT2D eigenvalue weighted by Crippen LogP contribution is 2.39. The van der Waals surface area contributed by atoms with Crippen molar-refractivity contribution in [2.24, 2.45) is 0 Å². The van der Waals surface area contributed by atoms with Crippen molar-refractivity contribution >= 4 is 35.1 Å². The number of nitrogens with zero attached hydrogens (tertiary/aromatic N) is 1. The van der Waals surface area contributed by atoms with Gasteiger partial charge < -0.3 is 10.4 Å². The van der Waals surface area contributed by atoms with Gasteiger partial charge in [-0.05, 0) is 47.8 Å². The van der Waals surface area contributed by atoms with Crippen LogP contribution < -0.4 is 5.32 Å². The Morgan fingerprint density at radius 1 is 1.33 bits per heavy atom. The molecule has 0 radical (unpaired) electrons. The van der Waals surface area contributed by atoms with Gasteiger partial charge >= 0.3 is 5.51 Å². The van der Waals surface area contributed by atoms with E-state index in [4.69, 9.17) is 0 Å². The smallest absolute Gasteiger partial charge is 0.446 e. The Hall–Kier alpha value is -1.87. The van der Waals surface area contributed by atoms with Gasteiger partial charge in [0.1, 0.15) is 11.4 Å². The molecule has 1 heterocycles. The third-order valence-corrected chi connectivity index (χ3v) is 4.39. The van der Waals surface area contributed by atoms with Crippen LogP contribution in [0.1, 0.15) is 17.4 Å². The first-order valence-electron chi connectivity index (χ1n) is 6.78. The Morgan fingerprint density at radius 2 is 2.08 bits per heavy atom. The Labute approximate surface area is 144 Å². The number of phenols is 1. The fraction of sp³-hybridized carbons (Fsp3) is 0.200. The van der Waals surface area contributed by atoms with Gasteiger partial charge in [-0.1, -0.05) is 6.92 Å². The molecule has 1 amide bonds. The van der Waals surface area contributed by atoms with Crippen LogP contribution >= 0.6 is 23.5 Å². The number of aromatic nitrogens is 1. The van der Waals surface area contributed by atoms with Gasteiger partial charge in [0.15, 0.2) is 0 Å². The van der Waals surface area contributed by atoms with Crippen molar-refractivity contribution in [3.05, 3.63) is 42.2 Å². The van der Waals surface area contributed by atoms with Crippen molar-refractivity contribution in [3.8, 4) is 5.75 Å². The molecule has 4 nitrogen and oxygen atoms in total. The third kappa shape index (κ3) is 5.07. The predicted octanol–water partition coefficient (Wildman–Crippen LogP) is 4.76. The molecule has 0 unspecified atom stereocenters. The van der Waals surface area contributed by atoms with Crippen LogP contribution in [0, 0.1) is 0 Å². The normalized spacial score (nSPS) is 11.3. The first-order valence-corrected chi connectivity index (χ1v) is 8.58. The van der Waals surface area contributed by atoms with Gasteiger partial charge in [-0.2, -0.15) is 13.2 Å². The summed E-state index contributed by atoms with van der Waals surface area (Å²) in [6.07, 6.45) is 1.45.